The van der Waals surface area contributed by atoms with Gasteiger partial charge in [-0.25, -0.2) is 9.59 Å². The molecule has 2 aromatic rings. The van der Waals surface area contributed by atoms with Gasteiger partial charge < -0.3 is 24.5 Å². The largest absolute Gasteiger partial charge is 0.455 e. The fourth-order valence-corrected chi connectivity index (χ4v) is 5.18. The van der Waals surface area contributed by atoms with Gasteiger partial charge in [0.05, 0.1) is 0 Å². The van der Waals surface area contributed by atoms with E-state index in [0.717, 1.165) is 30.2 Å². The molecule has 2 fully saturated rings. The third-order valence-corrected chi connectivity index (χ3v) is 6.72. The number of rotatable bonds is 4. The van der Waals surface area contributed by atoms with Crippen molar-refractivity contribution in [1.29, 1.82) is 0 Å². The van der Waals surface area contributed by atoms with Crippen LogP contribution in [0.15, 0.2) is 24.3 Å². The number of hydrogen-bond donors (Lipinski definition) is 2. The Morgan fingerprint density at radius 1 is 0.973 bits per heavy atom. The van der Waals surface area contributed by atoms with Crippen LogP contribution in [0.25, 0.3) is 10.9 Å². The van der Waals surface area contributed by atoms with Crippen LogP contribution in [0.5, 0.6) is 0 Å². The summed E-state index contributed by atoms with van der Waals surface area (Å²) in [7, 11) is 0. The lowest BCUT2D eigenvalue weighted by atomic mass is 9.81. The number of benzene rings is 1. The molecule has 2 aliphatic heterocycles. The standard InChI is InChI=1S/C28H39N3O6/c1-27(2,3)36-25(33)22-16-18-15-19(7-8-21(18)30-22)29-24(32)23-20(17-10-13-35-14-11-17)9-12-31(23)26(34)37-28(4,5)6/h7-8,15-17,20,23,30H,9-14H2,1-6H3,(H,29,32)/t20-,23-/m0/s1. The van der Waals surface area contributed by atoms with E-state index in [1.807, 2.05) is 53.7 Å². The second-order valence-electron chi connectivity index (χ2n) is 12.0. The molecule has 9 heteroatoms. The van der Waals surface area contributed by atoms with Crippen molar-refractivity contribution in [3.05, 3.63) is 30.0 Å². The highest BCUT2D eigenvalue weighted by molar-refractivity contribution is 6.00. The molecule has 4 rings (SSSR count). The first-order valence-electron chi connectivity index (χ1n) is 13.0. The average molecular weight is 514 g/mol. The smallest absolute Gasteiger partial charge is 0.410 e. The fraction of sp³-hybridized carbons (Fsp3) is 0.607. The number of anilines is 1. The summed E-state index contributed by atoms with van der Waals surface area (Å²) in [6.45, 7) is 12.7. The number of hydrogen-bond acceptors (Lipinski definition) is 6. The summed E-state index contributed by atoms with van der Waals surface area (Å²) in [5.41, 5.74) is 0.444. The van der Waals surface area contributed by atoms with Crippen molar-refractivity contribution >= 4 is 34.6 Å². The molecule has 2 N–H and O–H groups in total. The van der Waals surface area contributed by atoms with Crippen molar-refractivity contribution in [1.82, 2.24) is 9.88 Å². The molecule has 37 heavy (non-hydrogen) atoms. The van der Waals surface area contributed by atoms with Gasteiger partial charge in [0.25, 0.3) is 0 Å². The number of carbonyl (C=O) groups is 3. The maximum absolute atomic E-state index is 13.7. The maximum atomic E-state index is 13.7. The van der Waals surface area contributed by atoms with Gasteiger partial charge in [-0.3, -0.25) is 9.69 Å². The van der Waals surface area contributed by atoms with Crippen LogP contribution in [-0.2, 0) is 19.0 Å². The molecule has 2 aliphatic rings. The molecule has 0 bridgehead atoms. The summed E-state index contributed by atoms with van der Waals surface area (Å²) >= 11 is 0. The Morgan fingerprint density at radius 3 is 2.30 bits per heavy atom. The van der Waals surface area contributed by atoms with Gasteiger partial charge in [-0.2, -0.15) is 0 Å². The van der Waals surface area contributed by atoms with Crippen LogP contribution < -0.4 is 5.32 Å². The predicted octanol–water partition coefficient (Wildman–Crippen LogP) is 5.11. The van der Waals surface area contributed by atoms with E-state index in [0.29, 0.717) is 37.1 Å². The minimum absolute atomic E-state index is 0.0335. The summed E-state index contributed by atoms with van der Waals surface area (Å²) in [6.07, 6.45) is 2.03. The SMILES string of the molecule is CC(C)(C)OC(=O)c1cc2cc(NC(=O)[C@@H]3[C@H](C4CCOCC4)CCN3C(=O)OC(C)(C)C)ccc2[nH]1. The second kappa shape index (κ2) is 10.4. The quantitative estimate of drug-likeness (QED) is 0.550. The fourth-order valence-electron chi connectivity index (χ4n) is 5.18. The number of fused-ring (bicyclic) bond motifs is 1. The number of nitrogens with zero attached hydrogens (tertiary/aromatic N) is 1. The monoisotopic (exact) mass is 513 g/mol. The Bertz CT molecular complexity index is 1150. The zero-order valence-corrected chi connectivity index (χ0v) is 22.7. The number of nitrogens with one attached hydrogen (secondary N) is 2. The molecule has 0 unspecified atom stereocenters. The molecule has 0 aliphatic carbocycles. The first kappa shape index (κ1) is 27.0. The molecule has 2 saturated heterocycles. The van der Waals surface area contributed by atoms with Crippen molar-refractivity contribution in [2.75, 3.05) is 25.1 Å². The molecule has 0 radical (unpaired) electrons. The van der Waals surface area contributed by atoms with E-state index >= 15 is 0 Å². The highest BCUT2D eigenvalue weighted by atomic mass is 16.6. The van der Waals surface area contributed by atoms with Crippen molar-refractivity contribution in [3.8, 4) is 0 Å². The first-order chi connectivity index (χ1) is 17.3. The van der Waals surface area contributed by atoms with Gasteiger partial charge in [0.15, 0.2) is 0 Å². The van der Waals surface area contributed by atoms with Gasteiger partial charge in [-0.1, -0.05) is 0 Å². The van der Waals surface area contributed by atoms with E-state index in [1.165, 1.54) is 0 Å². The molecular formula is C28H39N3O6. The summed E-state index contributed by atoms with van der Waals surface area (Å²) < 4.78 is 16.6. The first-order valence-corrected chi connectivity index (χ1v) is 13.0. The molecule has 1 aromatic carbocycles. The third-order valence-electron chi connectivity index (χ3n) is 6.72. The molecule has 2 amide bonds. The molecule has 0 saturated carbocycles. The number of aromatic nitrogens is 1. The van der Waals surface area contributed by atoms with E-state index in [4.69, 9.17) is 14.2 Å². The minimum Gasteiger partial charge on any atom is -0.455 e. The van der Waals surface area contributed by atoms with Gasteiger partial charge in [0.2, 0.25) is 5.91 Å². The van der Waals surface area contributed by atoms with Gasteiger partial charge in [-0.15, -0.1) is 0 Å². The molecule has 3 heterocycles. The molecule has 9 nitrogen and oxygen atoms in total. The summed E-state index contributed by atoms with van der Waals surface area (Å²) in [4.78, 5) is 43.9. The second-order valence-corrected chi connectivity index (χ2v) is 12.0. The Kier molecular flexibility index (Phi) is 7.55. The molecule has 202 valence electrons. The van der Waals surface area contributed by atoms with Crippen LogP contribution in [0.1, 0.15) is 71.3 Å². The van der Waals surface area contributed by atoms with Crippen LogP contribution in [0.3, 0.4) is 0 Å². The van der Waals surface area contributed by atoms with Gasteiger partial charge in [-0.05, 0) is 96.9 Å². The topological polar surface area (TPSA) is 110 Å². The Balaban J connectivity index is 1.55. The Hall–Kier alpha value is -3.07. The number of aromatic amines is 1. The number of likely N-dealkylation sites (tertiary alicyclic amines) is 1. The molecule has 2 atom stereocenters. The Labute approximate surface area is 218 Å². The minimum atomic E-state index is -0.653. The van der Waals surface area contributed by atoms with Crippen LogP contribution in [-0.4, -0.2) is 64.9 Å². The van der Waals surface area contributed by atoms with Crippen LogP contribution >= 0.6 is 0 Å². The van der Waals surface area contributed by atoms with Crippen molar-refractivity contribution in [2.24, 2.45) is 11.8 Å². The molecular weight excluding hydrogens is 474 g/mol. The summed E-state index contributed by atoms with van der Waals surface area (Å²) in [5, 5.41) is 3.79. The summed E-state index contributed by atoms with van der Waals surface area (Å²) in [5.74, 6) is -0.332. The number of carbonyl (C=O) groups excluding carboxylic acids is 3. The normalized spacial score (nSPS) is 21.2. The van der Waals surface area contributed by atoms with E-state index in [1.54, 1.807) is 17.0 Å². The van der Waals surface area contributed by atoms with Crippen LogP contribution in [0, 0.1) is 11.8 Å². The van der Waals surface area contributed by atoms with Crippen LogP contribution in [0.2, 0.25) is 0 Å². The van der Waals surface area contributed by atoms with E-state index in [2.05, 4.69) is 10.3 Å². The Morgan fingerprint density at radius 2 is 1.65 bits per heavy atom. The van der Waals surface area contributed by atoms with E-state index in [-0.39, 0.29) is 11.8 Å². The highest BCUT2D eigenvalue weighted by Crippen LogP contribution is 2.37. The number of H-pyrrole nitrogens is 1. The maximum Gasteiger partial charge on any atom is 0.410 e. The van der Waals surface area contributed by atoms with Gasteiger partial charge >= 0.3 is 12.1 Å². The lowest BCUT2D eigenvalue weighted by molar-refractivity contribution is -0.122. The highest BCUT2D eigenvalue weighted by Gasteiger charge is 2.46. The number of ether oxygens (including phenoxy) is 3. The molecule has 0 spiro atoms. The average Bonchev–Trinajstić information content (AvgIpc) is 3.42. The number of esters is 1. The van der Waals surface area contributed by atoms with E-state index < -0.39 is 29.3 Å². The van der Waals surface area contributed by atoms with Crippen molar-refractivity contribution in [2.45, 2.75) is 78.0 Å². The van der Waals surface area contributed by atoms with Crippen molar-refractivity contribution in [3.63, 3.8) is 0 Å². The zero-order valence-electron chi connectivity index (χ0n) is 22.7. The predicted molar refractivity (Wildman–Crippen MR) is 140 cm³/mol. The lowest BCUT2D eigenvalue weighted by Crippen LogP contribution is -2.49. The lowest BCUT2D eigenvalue weighted by Gasteiger charge is -2.34. The zero-order chi connectivity index (χ0) is 27.0. The molecule has 1 aromatic heterocycles. The summed E-state index contributed by atoms with van der Waals surface area (Å²) in [6, 6.07) is 6.50. The van der Waals surface area contributed by atoms with E-state index in [9.17, 15) is 14.4 Å². The third kappa shape index (κ3) is 6.63. The van der Waals surface area contributed by atoms with Crippen LogP contribution in [0.4, 0.5) is 10.5 Å². The van der Waals surface area contributed by atoms with Gasteiger partial charge in [0.1, 0.15) is 22.9 Å². The van der Waals surface area contributed by atoms with Crippen molar-refractivity contribution < 1.29 is 28.6 Å². The number of amides is 2. The van der Waals surface area contributed by atoms with Gasteiger partial charge in [0, 0.05) is 36.3 Å².